The van der Waals surface area contributed by atoms with Crippen molar-refractivity contribution in [3.05, 3.63) is 9.16 Å². The summed E-state index contributed by atoms with van der Waals surface area (Å²) in [6.45, 7) is 5.37. The molecule has 66 valence electrons. The van der Waals surface area contributed by atoms with Crippen LogP contribution in [-0.2, 0) is 37.2 Å². The van der Waals surface area contributed by atoms with Gasteiger partial charge in [0.1, 0.15) is 0 Å². The van der Waals surface area contributed by atoms with Gasteiger partial charge in [0.2, 0.25) is 0 Å². The average molecular weight is 359 g/mol. The predicted octanol–water partition coefficient (Wildman–Crippen LogP) is 1.49. The molecule has 0 bridgehead atoms. The van der Waals surface area contributed by atoms with Crippen molar-refractivity contribution in [2.75, 3.05) is 7.11 Å². The van der Waals surface area contributed by atoms with E-state index in [-0.39, 0.29) is 12.1 Å². The SMILES string of the molecule is C/C=[C](\[Hg][O]C(C)=O)C(C)OC. The molecular formula is C8H14HgO3. The molecule has 0 aliphatic rings. The molecule has 0 spiro atoms. The van der Waals surface area contributed by atoms with Crippen molar-refractivity contribution in [3.63, 3.8) is 0 Å². The number of carbonyl (C=O) groups is 1. The Morgan fingerprint density at radius 1 is 1.58 bits per heavy atom. The molecule has 1 atom stereocenters. The monoisotopic (exact) mass is 360 g/mol. The normalized spacial score (nSPS) is 13.5. The van der Waals surface area contributed by atoms with Crippen LogP contribution in [0.3, 0.4) is 0 Å². The van der Waals surface area contributed by atoms with Crippen LogP contribution in [0.5, 0.6) is 0 Å². The van der Waals surface area contributed by atoms with E-state index < -0.39 is 25.0 Å². The molecule has 4 heteroatoms. The van der Waals surface area contributed by atoms with Gasteiger partial charge in [0.15, 0.2) is 0 Å². The van der Waals surface area contributed by atoms with Gasteiger partial charge in [0.25, 0.3) is 0 Å². The Balaban J connectivity index is 3.93. The van der Waals surface area contributed by atoms with Crippen LogP contribution in [0.1, 0.15) is 20.8 Å². The number of hydrogen-bond acceptors (Lipinski definition) is 3. The number of allylic oxidation sites excluding steroid dienone is 1. The van der Waals surface area contributed by atoms with Gasteiger partial charge in [-0.3, -0.25) is 0 Å². The van der Waals surface area contributed by atoms with Crippen LogP contribution in [0.25, 0.3) is 0 Å². The summed E-state index contributed by atoms with van der Waals surface area (Å²) in [5.41, 5.74) is 0. The fourth-order valence-corrected chi connectivity index (χ4v) is 4.42. The van der Waals surface area contributed by atoms with Crippen LogP contribution < -0.4 is 0 Å². The fourth-order valence-electron chi connectivity index (χ4n) is 0.772. The van der Waals surface area contributed by atoms with E-state index in [1.165, 1.54) is 10.0 Å². The zero-order valence-electron chi connectivity index (χ0n) is 8.09. The van der Waals surface area contributed by atoms with Gasteiger partial charge < -0.3 is 0 Å². The number of carbonyl (C=O) groups excluding carboxylic acids is 1. The number of rotatable bonds is 4. The zero-order chi connectivity index (χ0) is 9.56. The summed E-state index contributed by atoms with van der Waals surface area (Å²) in [4.78, 5) is 10.5. The van der Waals surface area contributed by atoms with Gasteiger partial charge >= 0.3 is 86.3 Å². The van der Waals surface area contributed by atoms with Gasteiger partial charge in [-0.05, 0) is 0 Å². The van der Waals surface area contributed by atoms with Gasteiger partial charge in [-0.2, -0.15) is 0 Å². The second-order valence-electron chi connectivity index (χ2n) is 2.52. The van der Waals surface area contributed by atoms with Crippen molar-refractivity contribution in [1.82, 2.24) is 0 Å². The van der Waals surface area contributed by atoms with Crippen LogP contribution in [0.2, 0.25) is 0 Å². The number of ether oxygens (including phenoxy) is 1. The van der Waals surface area contributed by atoms with Crippen LogP contribution in [0.15, 0.2) is 9.16 Å². The Bertz CT molecular complexity index is 177. The summed E-state index contributed by atoms with van der Waals surface area (Å²) in [5.74, 6) is -0.167. The molecule has 0 saturated heterocycles. The molecule has 0 fully saturated rings. The molecule has 0 aliphatic carbocycles. The van der Waals surface area contributed by atoms with E-state index in [0.717, 1.165) is 0 Å². The summed E-state index contributed by atoms with van der Waals surface area (Å²) in [5, 5.41) is 0. The molecule has 0 aromatic carbocycles. The average Bonchev–Trinajstić information content (AvgIpc) is 2.04. The molecule has 12 heavy (non-hydrogen) atoms. The molecule has 3 nitrogen and oxygen atoms in total. The van der Waals surface area contributed by atoms with Gasteiger partial charge in [-0.25, -0.2) is 0 Å². The van der Waals surface area contributed by atoms with Crippen molar-refractivity contribution in [2.24, 2.45) is 0 Å². The summed E-state index contributed by atoms with van der Waals surface area (Å²) < 4.78 is 11.4. The molecule has 0 radical (unpaired) electrons. The predicted molar refractivity (Wildman–Crippen MR) is 42.0 cm³/mol. The third-order valence-electron chi connectivity index (χ3n) is 1.69. The molecule has 0 heterocycles. The first-order valence-corrected chi connectivity index (χ1v) is 8.92. The topological polar surface area (TPSA) is 35.5 Å². The molecule has 0 aromatic heterocycles. The first kappa shape index (κ1) is 12.1. The molecule has 1 unspecified atom stereocenters. The Morgan fingerprint density at radius 2 is 2.17 bits per heavy atom. The summed E-state index contributed by atoms with van der Waals surface area (Å²) in [7, 11) is 1.66. The number of methoxy groups -OCH3 is 1. The van der Waals surface area contributed by atoms with Crippen molar-refractivity contribution >= 4 is 5.97 Å². The van der Waals surface area contributed by atoms with Crippen LogP contribution in [0.4, 0.5) is 0 Å². The molecule has 0 amide bonds. The van der Waals surface area contributed by atoms with Gasteiger partial charge in [0, 0.05) is 0 Å². The Labute approximate surface area is 86.2 Å². The summed E-state index contributed by atoms with van der Waals surface area (Å²) in [6.07, 6.45) is 2.11. The Morgan fingerprint density at radius 3 is 2.50 bits per heavy atom. The maximum atomic E-state index is 10.5. The minimum absolute atomic E-state index is 0.107. The fraction of sp³-hybridized carbons (Fsp3) is 0.625. The Hall–Kier alpha value is 0.105. The molecule has 0 aliphatic heterocycles. The van der Waals surface area contributed by atoms with Gasteiger partial charge in [-0.1, -0.05) is 0 Å². The molecule has 0 N–H and O–H groups in total. The van der Waals surface area contributed by atoms with Crippen LogP contribution in [0, 0.1) is 0 Å². The molecule has 0 rings (SSSR count). The van der Waals surface area contributed by atoms with E-state index in [4.69, 9.17) is 7.38 Å². The summed E-state index contributed by atoms with van der Waals surface area (Å²) in [6, 6.07) is 0. The minimum atomic E-state index is -1.62. The molecular weight excluding hydrogens is 345 g/mol. The van der Waals surface area contributed by atoms with Crippen LogP contribution in [-0.4, -0.2) is 19.2 Å². The van der Waals surface area contributed by atoms with Crippen molar-refractivity contribution < 1.29 is 37.2 Å². The third kappa shape index (κ3) is 4.88. The van der Waals surface area contributed by atoms with E-state index in [9.17, 15) is 4.79 Å². The molecule has 0 saturated carbocycles. The second-order valence-corrected chi connectivity index (χ2v) is 7.94. The first-order chi connectivity index (χ1) is 5.61. The van der Waals surface area contributed by atoms with Gasteiger partial charge in [0.05, 0.1) is 0 Å². The molecule has 0 aromatic rings. The van der Waals surface area contributed by atoms with E-state index in [0.29, 0.717) is 0 Å². The first-order valence-electron chi connectivity index (χ1n) is 3.93. The van der Waals surface area contributed by atoms with Crippen molar-refractivity contribution in [1.29, 1.82) is 0 Å². The van der Waals surface area contributed by atoms with Crippen LogP contribution >= 0.6 is 0 Å². The summed E-state index contributed by atoms with van der Waals surface area (Å²) >= 11 is -1.62. The maximum absolute atomic E-state index is 10.5. The van der Waals surface area contributed by atoms with Crippen molar-refractivity contribution in [3.8, 4) is 0 Å². The van der Waals surface area contributed by atoms with Gasteiger partial charge in [-0.15, -0.1) is 0 Å². The van der Waals surface area contributed by atoms with Crippen molar-refractivity contribution in [2.45, 2.75) is 26.9 Å². The number of hydrogen-bond donors (Lipinski definition) is 0. The Kier molecular flexibility index (Phi) is 6.66. The van der Waals surface area contributed by atoms with E-state index in [1.54, 1.807) is 7.11 Å². The second kappa shape index (κ2) is 6.60. The van der Waals surface area contributed by atoms with E-state index in [1.807, 2.05) is 19.9 Å². The zero-order valence-corrected chi connectivity index (χ0v) is 13.6. The third-order valence-corrected chi connectivity index (χ3v) is 8.95. The van der Waals surface area contributed by atoms with E-state index in [2.05, 4.69) is 0 Å². The van der Waals surface area contributed by atoms with E-state index >= 15 is 0 Å². The standard InChI is InChI=1S/C6H11O.C2H4O2.Hg/c1-4-5-6(2)7-3;1-2(3)4;/h4,6H,1-3H3;1H3,(H,3,4);/q;;+1/p-1. The quantitative estimate of drug-likeness (QED) is 0.714.